The maximum atomic E-state index is 5.63. The lowest BCUT2D eigenvalue weighted by Crippen LogP contribution is -2.11. The van der Waals surface area contributed by atoms with Gasteiger partial charge in [-0.15, -0.1) is 10.2 Å². The number of hydrogen-bond acceptors (Lipinski definition) is 7. The molecule has 0 saturated heterocycles. The molecule has 7 nitrogen and oxygen atoms in total. The average molecular weight is 296 g/mol. The molecule has 2 N–H and O–H groups in total. The van der Waals surface area contributed by atoms with E-state index in [4.69, 9.17) is 10.3 Å². The van der Waals surface area contributed by atoms with Gasteiger partial charge in [0.15, 0.2) is 11.0 Å². The fourth-order valence-electron chi connectivity index (χ4n) is 1.64. The Morgan fingerprint density at radius 1 is 1.30 bits per heavy atom. The SMILES string of the molecule is CCn1c(CN)nnc1SCc1noc(C(C)(C)C)n1. The van der Waals surface area contributed by atoms with E-state index in [1.165, 1.54) is 11.8 Å². The van der Waals surface area contributed by atoms with Crippen LogP contribution >= 0.6 is 11.8 Å². The molecule has 0 aliphatic heterocycles. The molecule has 0 aromatic carbocycles. The summed E-state index contributed by atoms with van der Waals surface area (Å²) in [5, 5.41) is 13.0. The van der Waals surface area contributed by atoms with Crippen molar-refractivity contribution in [3.05, 3.63) is 17.5 Å². The van der Waals surface area contributed by atoms with Crippen molar-refractivity contribution in [3.63, 3.8) is 0 Å². The van der Waals surface area contributed by atoms with Crippen LogP contribution < -0.4 is 5.73 Å². The van der Waals surface area contributed by atoms with E-state index in [0.717, 1.165) is 17.5 Å². The van der Waals surface area contributed by atoms with Gasteiger partial charge in [-0.05, 0) is 6.92 Å². The lowest BCUT2D eigenvalue weighted by molar-refractivity contribution is 0.319. The molecule has 2 aromatic heterocycles. The second-order valence-electron chi connectivity index (χ2n) is 5.40. The number of nitrogens with two attached hydrogens (primary N) is 1. The summed E-state index contributed by atoms with van der Waals surface area (Å²) in [5.41, 5.74) is 5.49. The maximum Gasteiger partial charge on any atom is 0.232 e. The molecule has 0 amide bonds. The van der Waals surface area contributed by atoms with Gasteiger partial charge in [0, 0.05) is 12.0 Å². The van der Waals surface area contributed by atoms with E-state index >= 15 is 0 Å². The van der Waals surface area contributed by atoms with Gasteiger partial charge in [-0.3, -0.25) is 0 Å². The molecule has 0 aliphatic rings. The number of nitrogens with zero attached hydrogens (tertiary/aromatic N) is 5. The first-order valence-corrected chi connectivity index (χ1v) is 7.52. The zero-order valence-corrected chi connectivity index (χ0v) is 13.1. The van der Waals surface area contributed by atoms with Crippen molar-refractivity contribution in [1.82, 2.24) is 24.9 Å². The van der Waals surface area contributed by atoms with Crippen molar-refractivity contribution in [2.45, 2.75) is 57.1 Å². The fraction of sp³-hybridized carbons (Fsp3) is 0.667. The second-order valence-corrected chi connectivity index (χ2v) is 6.34. The molecule has 2 heterocycles. The van der Waals surface area contributed by atoms with Crippen LogP contribution in [0.4, 0.5) is 0 Å². The van der Waals surface area contributed by atoms with Gasteiger partial charge < -0.3 is 14.8 Å². The highest BCUT2D eigenvalue weighted by Gasteiger charge is 2.22. The van der Waals surface area contributed by atoms with Gasteiger partial charge in [0.2, 0.25) is 5.89 Å². The third-order valence-corrected chi connectivity index (χ3v) is 3.70. The molecule has 110 valence electrons. The summed E-state index contributed by atoms with van der Waals surface area (Å²) in [4.78, 5) is 4.40. The number of rotatable bonds is 5. The van der Waals surface area contributed by atoms with Crippen molar-refractivity contribution in [3.8, 4) is 0 Å². The summed E-state index contributed by atoms with van der Waals surface area (Å²) in [7, 11) is 0. The standard InChI is InChI=1S/C12H20N6OS/c1-5-18-9(6-13)15-16-11(18)20-7-8-14-10(19-17-8)12(2,3)4/h5-7,13H2,1-4H3. The maximum absolute atomic E-state index is 5.63. The quantitative estimate of drug-likeness (QED) is 0.839. The molecule has 2 rings (SSSR count). The lowest BCUT2D eigenvalue weighted by Gasteiger charge is -2.10. The summed E-state index contributed by atoms with van der Waals surface area (Å²) in [6.07, 6.45) is 0. The largest absolute Gasteiger partial charge is 0.339 e. The van der Waals surface area contributed by atoms with E-state index in [-0.39, 0.29) is 5.41 Å². The predicted molar refractivity (Wildman–Crippen MR) is 76.1 cm³/mol. The Labute approximate surface area is 122 Å². The molecule has 0 atom stereocenters. The van der Waals surface area contributed by atoms with Crippen molar-refractivity contribution < 1.29 is 4.52 Å². The van der Waals surface area contributed by atoms with Gasteiger partial charge in [-0.1, -0.05) is 37.7 Å². The molecule has 20 heavy (non-hydrogen) atoms. The Kier molecular flexibility index (Phi) is 4.44. The zero-order chi connectivity index (χ0) is 14.8. The van der Waals surface area contributed by atoms with Gasteiger partial charge in [0.05, 0.1) is 12.3 Å². The molecular formula is C12H20N6OS. The van der Waals surface area contributed by atoms with Gasteiger partial charge in [-0.2, -0.15) is 4.98 Å². The number of aromatic nitrogens is 5. The first-order chi connectivity index (χ1) is 9.45. The molecule has 0 aliphatic carbocycles. The Balaban J connectivity index is 2.05. The van der Waals surface area contributed by atoms with Gasteiger partial charge >= 0.3 is 0 Å². The van der Waals surface area contributed by atoms with Crippen LogP contribution in [-0.4, -0.2) is 24.9 Å². The Morgan fingerprint density at radius 3 is 2.60 bits per heavy atom. The van der Waals surface area contributed by atoms with Gasteiger partial charge in [0.25, 0.3) is 0 Å². The Bertz CT molecular complexity index is 571. The number of hydrogen-bond donors (Lipinski definition) is 1. The zero-order valence-electron chi connectivity index (χ0n) is 12.3. The third-order valence-electron chi connectivity index (χ3n) is 2.73. The van der Waals surface area contributed by atoms with Crippen molar-refractivity contribution in [2.75, 3.05) is 0 Å². The van der Waals surface area contributed by atoms with Crippen molar-refractivity contribution in [1.29, 1.82) is 0 Å². The van der Waals surface area contributed by atoms with E-state index in [0.29, 0.717) is 24.0 Å². The van der Waals surface area contributed by atoms with E-state index in [1.54, 1.807) is 0 Å². The van der Waals surface area contributed by atoms with Crippen LogP contribution in [0.5, 0.6) is 0 Å². The average Bonchev–Trinajstić information content (AvgIpc) is 3.01. The van der Waals surface area contributed by atoms with Crippen LogP contribution in [0.2, 0.25) is 0 Å². The Hall–Kier alpha value is -1.41. The van der Waals surface area contributed by atoms with Crippen molar-refractivity contribution in [2.24, 2.45) is 5.73 Å². The van der Waals surface area contributed by atoms with E-state index in [2.05, 4.69) is 20.3 Å². The summed E-state index contributed by atoms with van der Waals surface area (Å²) in [6.45, 7) is 9.34. The first-order valence-electron chi connectivity index (χ1n) is 6.53. The van der Waals surface area contributed by atoms with E-state index in [9.17, 15) is 0 Å². The summed E-state index contributed by atoms with van der Waals surface area (Å²) >= 11 is 1.53. The highest BCUT2D eigenvalue weighted by molar-refractivity contribution is 7.98. The molecular weight excluding hydrogens is 276 g/mol. The van der Waals surface area contributed by atoms with Crippen LogP contribution in [0.3, 0.4) is 0 Å². The fourth-order valence-corrected chi connectivity index (χ4v) is 2.51. The van der Waals surface area contributed by atoms with Crippen LogP contribution in [0, 0.1) is 0 Å². The minimum absolute atomic E-state index is 0.133. The van der Waals surface area contributed by atoms with Crippen LogP contribution in [-0.2, 0) is 24.3 Å². The second kappa shape index (κ2) is 5.92. The predicted octanol–water partition coefficient (Wildman–Crippen LogP) is 1.73. The highest BCUT2D eigenvalue weighted by atomic mass is 32.2. The first kappa shape index (κ1) is 15.0. The molecule has 0 saturated carbocycles. The summed E-state index contributed by atoms with van der Waals surface area (Å²) in [6, 6.07) is 0. The molecule has 0 bridgehead atoms. The Morgan fingerprint density at radius 2 is 2.05 bits per heavy atom. The van der Waals surface area contributed by atoms with Gasteiger partial charge in [-0.25, -0.2) is 0 Å². The van der Waals surface area contributed by atoms with Crippen molar-refractivity contribution >= 4 is 11.8 Å². The van der Waals surface area contributed by atoms with E-state index in [1.807, 2.05) is 32.3 Å². The van der Waals surface area contributed by atoms with Crippen LogP contribution in [0.1, 0.15) is 45.2 Å². The topological polar surface area (TPSA) is 95.7 Å². The molecule has 0 spiro atoms. The summed E-state index contributed by atoms with van der Waals surface area (Å²) in [5.74, 6) is 2.70. The highest BCUT2D eigenvalue weighted by Crippen LogP contribution is 2.23. The third kappa shape index (κ3) is 3.18. The van der Waals surface area contributed by atoms with Crippen LogP contribution in [0.15, 0.2) is 9.68 Å². The summed E-state index contributed by atoms with van der Waals surface area (Å²) < 4.78 is 7.26. The smallest absolute Gasteiger partial charge is 0.232 e. The molecule has 0 radical (unpaired) electrons. The minimum atomic E-state index is -0.133. The van der Waals surface area contributed by atoms with Gasteiger partial charge in [0.1, 0.15) is 5.82 Å². The number of thioether (sulfide) groups is 1. The minimum Gasteiger partial charge on any atom is -0.339 e. The molecule has 8 heteroatoms. The monoisotopic (exact) mass is 296 g/mol. The van der Waals surface area contributed by atoms with E-state index < -0.39 is 0 Å². The molecule has 0 fully saturated rings. The normalized spacial score (nSPS) is 12.1. The lowest BCUT2D eigenvalue weighted by atomic mass is 9.97. The molecule has 0 unspecified atom stereocenters. The van der Waals surface area contributed by atoms with Crippen LogP contribution in [0.25, 0.3) is 0 Å². The molecule has 2 aromatic rings.